The van der Waals surface area contributed by atoms with Crippen LogP contribution >= 0.6 is 23.4 Å². The summed E-state index contributed by atoms with van der Waals surface area (Å²) in [6, 6.07) is 15.8. The lowest BCUT2D eigenvalue weighted by Gasteiger charge is -2.25. The molecular formula is C30H35ClFN5S. The highest BCUT2D eigenvalue weighted by atomic mass is 35.5. The van der Waals surface area contributed by atoms with E-state index in [0.717, 1.165) is 35.2 Å². The molecule has 2 aromatic heterocycles. The Balaban J connectivity index is 1.57. The second kappa shape index (κ2) is 11.2. The molecule has 8 heteroatoms. The van der Waals surface area contributed by atoms with E-state index in [-0.39, 0.29) is 11.2 Å². The number of aryl methyl sites for hydroxylation is 1. The molecule has 0 spiro atoms. The third-order valence-electron chi connectivity index (χ3n) is 7.20. The summed E-state index contributed by atoms with van der Waals surface area (Å²) in [5, 5.41) is 15.7. The molecule has 4 aromatic rings. The molecule has 0 atom stereocenters. The van der Waals surface area contributed by atoms with Crippen LogP contribution in [-0.4, -0.2) is 24.5 Å². The molecule has 0 amide bonds. The smallest absolute Gasteiger partial charge is 0.192 e. The summed E-state index contributed by atoms with van der Waals surface area (Å²) in [5.41, 5.74) is 4.79. The van der Waals surface area contributed by atoms with E-state index in [4.69, 9.17) is 21.8 Å². The van der Waals surface area contributed by atoms with E-state index in [1.807, 2.05) is 0 Å². The molecule has 5 nitrogen and oxygen atoms in total. The maximum atomic E-state index is 14.5. The van der Waals surface area contributed by atoms with Gasteiger partial charge in [0.15, 0.2) is 11.0 Å². The third kappa shape index (κ3) is 5.84. The molecule has 0 aliphatic heterocycles. The van der Waals surface area contributed by atoms with Crippen molar-refractivity contribution in [3.63, 3.8) is 0 Å². The molecule has 0 saturated heterocycles. The van der Waals surface area contributed by atoms with Gasteiger partial charge in [0.1, 0.15) is 11.5 Å². The van der Waals surface area contributed by atoms with E-state index in [9.17, 15) is 4.39 Å². The highest BCUT2D eigenvalue weighted by Crippen LogP contribution is 2.38. The highest BCUT2D eigenvalue weighted by molar-refractivity contribution is 7.98. The fourth-order valence-electron chi connectivity index (χ4n) is 5.09. The van der Waals surface area contributed by atoms with Crippen LogP contribution < -0.4 is 0 Å². The molecule has 2 heterocycles. The Morgan fingerprint density at radius 2 is 1.79 bits per heavy atom. The molecule has 0 N–H and O–H groups in total. The summed E-state index contributed by atoms with van der Waals surface area (Å²) < 4.78 is 18.9. The Hall–Kier alpha value is -2.64. The Bertz CT molecular complexity index is 1390. The van der Waals surface area contributed by atoms with Gasteiger partial charge in [-0.1, -0.05) is 99.3 Å². The van der Waals surface area contributed by atoms with Gasteiger partial charge in [0.25, 0.3) is 0 Å². The van der Waals surface area contributed by atoms with Crippen molar-refractivity contribution in [1.82, 2.24) is 24.5 Å². The second-order valence-corrected chi connectivity index (χ2v) is 12.6. The lowest BCUT2D eigenvalue weighted by atomic mass is 9.92. The average Bonchev–Trinajstić information content (AvgIpc) is 3.48. The largest absolute Gasteiger partial charge is 0.298 e. The fraction of sp³-hybridized carbons (Fsp3) is 0.433. The van der Waals surface area contributed by atoms with Gasteiger partial charge in [0, 0.05) is 27.8 Å². The topological polar surface area (TPSA) is 48.5 Å². The molecular weight excluding hydrogens is 517 g/mol. The van der Waals surface area contributed by atoms with E-state index in [1.54, 1.807) is 12.1 Å². The van der Waals surface area contributed by atoms with Crippen molar-refractivity contribution in [3.8, 4) is 11.5 Å². The van der Waals surface area contributed by atoms with Gasteiger partial charge in [-0.25, -0.2) is 4.39 Å². The first-order chi connectivity index (χ1) is 18.2. The fourth-order valence-corrected chi connectivity index (χ4v) is 6.44. The van der Waals surface area contributed by atoms with Crippen LogP contribution in [-0.2, 0) is 17.7 Å². The van der Waals surface area contributed by atoms with Gasteiger partial charge in [-0.2, -0.15) is 5.10 Å². The van der Waals surface area contributed by atoms with Crippen molar-refractivity contribution in [1.29, 1.82) is 0 Å². The number of benzene rings is 2. The standard InChI is InChI=1S/C30H35ClFN5S/c1-20-10-8-11-21(16-20)18-36-26(17-27(35-36)30(2,3)4)28-33-34-29(37(28)22-12-6-5-7-13-22)38-19-23-24(31)14-9-15-25(23)32/h8-11,14-17,22H,5-7,12-13,18-19H2,1-4H3. The van der Waals surface area contributed by atoms with Crippen LogP contribution in [0.2, 0.25) is 5.02 Å². The summed E-state index contributed by atoms with van der Waals surface area (Å²) in [4.78, 5) is 0. The quantitative estimate of drug-likeness (QED) is 0.216. The highest BCUT2D eigenvalue weighted by Gasteiger charge is 2.28. The number of rotatable bonds is 7. The number of halogens is 2. The Labute approximate surface area is 233 Å². The summed E-state index contributed by atoms with van der Waals surface area (Å²) in [6.07, 6.45) is 5.78. The van der Waals surface area contributed by atoms with Crippen molar-refractivity contribution in [2.45, 2.75) is 88.7 Å². The zero-order chi connectivity index (χ0) is 26.9. The molecule has 2 aromatic carbocycles. The zero-order valence-electron chi connectivity index (χ0n) is 22.5. The lowest BCUT2D eigenvalue weighted by Crippen LogP contribution is -2.16. The van der Waals surface area contributed by atoms with E-state index in [1.165, 1.54) is 48.2 Å². The van der Waals surface area contributed by atoms with Crippen LogP contribution in [0.5, 0.6) is 0 Å². The van der Waals surface area contributed by atoms with Crippen molar-refractivity contribution in [2.75, 3.05) is 0 Å². The average molecular weight is 552 g/mol. The van der Waals surface area contributed by atoms with Crippen molar-refractivity contribution in [3.05, 3.63) is 81.8 Å². The van der Waals surface area contributed by atoms with E-state index >= 15 is 0 Å². The first-order valence-electron chi connectivity index (χ1n) is 13.4. The summed E-state index contributed by atoms with van der Waals surface area (Å²) in [5.74, 6) is 0.932. The van der Waals surface area contributed by atoms with Crippen LogP contribution in [0.4, 0.5) is 4.39 Å². The summed E-state index contributed by atoms with van der Waals surface area (Å²) >= 11 is 7.83. The van der Waals surface area contributed by atoms with Crippen LogP contribution in [0, 0.1) is 12.7 Å². The Morgan fingerprint density at radius 1 is 1.03 bits per heavy atom. The minimum absolute atomic E-state index is 0.110. The van der Waals surface area contributed by atoms with Crippen molar-refractivity contribution in [2.24, 2.45) is 0 Å². The normalized spacial score (nSPS) is 14.8. The SMILES string of the molecule is Cc1cccc(Cn2nc(C(C)(C)C)cc2-c2nnc(SCc3c(F)cccc3Cl)n2C2CCCCC2)c1. The van der Waals surface area contributed by atoms with E-state index in [0.29, 0.717) is 28.9 Å². The van der Waals surface area contributed by atoms with E-state index in [2.05, 4.69) is 72.4 Å². The maximum Gasteiger partial charge on any atom is 0.192 e. The van der Waals surface area contributed by atoms with Crippen molar-refractivity contribution < 1.29 is 4.39 Å². The molecule has 0 unspecified atom stereocenters. The van der Waals surface area contributed by atoms with Crippen LogP contribution in [0.1, 0.15) is 81.3 Å². The number of hydrogen-bond donors (Lipinski definition) is 0. The number of nitrogens with zero attached hydrogens (tertiary/aromatic N) is 5. The van der Waals surface area contributed by atoms with Crippen LogP contribution in [0.25, 0.3) is 11.5 Å². The van der Waals surface area contributed by atoms with Gasteiger partial charge < -0.3 is 0 Å². The lowest BCUT2D eigenvalue weighted by molar-refractivity contribution is 0.338. The Kier molecular flexibility index (Phi) is 7.96. The maximum absolute atomic E-state index is 14.5. The predicted molar refractivity (Wildman–Crippen MR) is 153 cm³/mol. The Morgan fingerprint density at radius 3 is 2.50 bits per heavy atom. The van der Waals surface area contributed by atoms with Gasteiger partial charge in [0.2, 0.25) is 0 Å². The first kappa shape index (κ1) is 26.9. The minimum Gasteiger partial charge on any atom is -0.298 e. The molecule has 1 aliphatic carbocycles. The molecule has 200 valence electrons. The summed E-state index contributed by atoms with van der Waals surface area (Å²) in [7, 11) is 0. The first-order valence-corrected chi connectivity index (χ1v) is 14.7. The monoisotopic (exact) mass is 551 g/mol. The molecule has 0 bridgehead atoms. The minimum atomic E-state index is -0.292. The molecule has 0 radical (unpaired) electrons. The molecule has 38 heavy (non-hydrogen) atoms. The summed E-state index contributed by atoms with van der Waals surface area (Å²) in [6.45, 7) is 9.31. The number of aromatic nitrogens is 5. The van der Waals surface area contributed by atoms with E-state index < -0.39 is 0 Å². The molecule has 1 fully saturated rings. The van der Waals surface area contributed by atoms with Gasteiger partial charge in [0.05, 0.1) is 12.2 Å². The third-order valence-corrected chi connectivity index (χ3v) is 8.53. The zero-order valence-corrected chi connectivity index (χ0v) is 24.1. The van der Waals surface area contributed by atoms with Gasteiger partial charge in [-0.15, -0.1) is 10.2 Å². The van der Waals surface area contributed by atoms with Gasteiger partial charge in [-0.3, -0.25) is 9.25 Å². The van der Waals surface area contributed by atoms with Crippen molar-refractivity contribution >= 4 is 23.4 Å². The predicted octanol–water partition coefficient (Wildman–Crippen LogP) is 8.39. The molecule has 5 rings (SSSR count). The van der Waals surface area contributed by atoms with Gasteiger partial charge in [-0.05, 0) is 43.5 Å². The van der Waals surface area contributed by atoms with Gasteiger partial charge >= 0.3 is 0 Å². The number of thioether (sulfide) groups is 1. The molecule has 1 aliphatic rings. The van der Waals surface area contributed by atoms with Crippen LogP contribution in [0.15, 0.2) is 53.7 Å². The molecule has 1 saturated carbocycles. The number of hydrogen-bond acceptors (Lipinski definition) is 4. The second-order valence-electron chi connectivity index (χ2n) is 11.3. The van der Waals surface area contributed by atoms with Crippen LogP contribution in [0.3, 0.4) is 0 Å².